The molecule has 0 saturated carbocycles. The van der Waals surface area contributed by atoms with E-state index in [-0.39, 0.29) is 0 Å². The maximum atomic E-state index is 6.54. The van der Waals surface area contributed by atoms with Gasteiger partial charge in [0.2, 0.25) is 0 Å². The van der Waals surface area contributed by atoms with Crippen molar-refractivity contribution in [2.75, 3.05) is 0 Å². The van der Waals surface area contributed by atoms with Gasteiger partial charge in [-0.05, 0) is 58.4 Å². The van der Waals surface area contributed by atoms with E-state index in [1.165, 1.54) is 12.5 Å². The second kappa shape index (κ2) is 7.46. The van der Waals surface area contributed by atoms with Gasteiger partial charge in [-0.25, -0.2) is 4.98 Å². The van der Waals surface area contributed by atoms with Gasteiger partial charge in [0.1, 0.15) is 35.2 Å². The molecule has 0 unspecified atom stereocenters. The molecule has 0 radical (unpaired) electrons. The van der Waals surface area contributed by atoms with Crippen LogP contribution in [-0.2, 0) is 21.8 Å². The highest BCUT2D eigenvalue weighted by Crippen LogP contribution is 2.40. The minimum atomic E-state index is -1.08. The third-order valence-electron chi connectivity index (χ3n) is 4.01. The van der Waals surface area contributed by atoms with E-state index in [9.17, 15) is 0 Å². The highest BCUT2D eigenvalue weighted by atomic mass is 79.9. The first-order valence-electron chi connectivity index (χ1n) is 7.95. The minimum absolute atomic E-state index is 0.359. The smallest absolute Gasteiger partial charge is 0.296 e. The molecule has 1 aliphatic rings. The van der Waals surface area contributed by atoms with Crippen molar-refractivity contribution in [2.45, 2.75) is 12.3 Å². The normalized spacial score (nSPS) is 14.6. The Hall–Kier alpha value is -2.15. The van der Waals surface area contributed by atoms with Crippen LogP contribution < -0.4 is 4.74 Å². The Morgan fingerprint density at radius 3 is 2.37 bits per heavy atom. The molecule has 0 spiro atoms. The van der Waals surface area contributed by atoms with Crippen molar-refractivity contribution in [2.24, 2.45) is 0 Å². The molecule has 0 amide bonds. The topological polar surface area (TPSA) is 45.5 Å². The lowest BCUT2D eigenvalue weighted by Crippen LogP contribution is -2.33. The van der Waals surface area contributed by atoms with E-state index >= 15 is 0 Å². The lowest BCUT2D eigenvalue weighted by Gasteiger charge is -2.29. The van der Waals surface area contributed by atoms with Crippen LogP contribution in [0.15, 0.2) is 72.1 Å². The summed E-state index contributed by atoms with van der Waals surface area (Å²) in [5, 5.41) is 1.10. The summed E-state index contributed by atoms with van der Waals surface area (Å²) in [6.07, 6.45) is 6.38. The first-order valence-corrected chi connectivity index (χ1v) is 9.50. The van der Waals surface area contributed by atoms with Crippen LogP contribution >= 0.6 is 39.1 Å². The highest BCUT2D eigenvalue weighted by Gasteiger charge is 2.41. The summed E-state index contributed by atoms with van der Waals surface area (Å²) in [6.45, 7) is 0.359. The number of hydrogen-bond donors (Lipinski definition) is 0. The predicted molar refractivity (Wildman–Crippen MR) is 106 cm³/mol. The van der Waals surface area contributed by atoms with Gasteiger partial charge in [0.15, 0.2) is 0 Å². The number of halogens is 3. The average molecular weight is 468 g/mol. The molecule has 8 heteroatoms. The van der Waals surface area contributed by atoms with Gasteiger partial charge in [-0.1, -0.05) is 23.2 Å². The molecule has 3 aromatic rings. The maximum absolute atomic E-state index is 6.54. The molecular weight excluding hydrogens is 455 g/mol. The number of nitrogens with zero attached hydrogens (tertiary/aromatic N) is 2. The standard InChI is InChI=1S/C19H13BrCl2N2O3/c20-18-10-23-12-24(18)11-19(25-7-8-26-19)16-6-5-15(9-17(16)22)27-14-3-1-13(21)2-4-14/h1-10,12H,11H2. The Morgan fingerprint density at radius 1 is 1.04 bits per heavy atom. The monoisotopic (exact) mass is 466 g/mol. The fourth-order valence-electron chi connectivity index (χ4n) is 2.74. The second-order valence-electron chi connectivity index (χ2n) is 5.80. The summed E-state index contributed by atoms with van der Waals surface area (Å²) in [7, 11) is 0. The van der Waals surface area contributed by atoms with E-state index in [1.54, 1.807) is 42.9 Å². The van der Waals surface area contributed by atoms with Crippen LogP contribution in [-0.4, -0.2) is 9.55 Å². The number of ether oxygens (including phenoxy) is 3. The summed E-state index contributed by atoms with van der Waals surface area (Å²) in [5.41, 5.74) is 0.679. The molecule has 0 N–H and O–H groups in total. The minimum Gasteiger partial charge on any atom is -0.457 e. The van der Waals surface area contributed by atoms with Gasteiger partial charge in [0.25, 0.3) is 5.79 Å². The molecule has 2 aromatic carbocycles. The molecule has 138 valence electrons. The van der Waals surface area contributed by atoms with Crippen LogP contribution in [0.4, 0.5) is 0 Å². The molecule has 0 atom stereocenters. The Morgan fingerprint density at radius 2 is 1.74 bits per heavy atom. The van der Waals surface area contributed by atoms with E-state index in [0.29, 0.717) is 33.7 Å². The number of aromatic nitrogens is 2. The number of rotatable bonds is 5. The molecule has 0 saturated heterocycles. The van der Waals surface area contributed by atoms with Crippen molar-refractivity contribution < 1.29 is 14.2 Å². The van der Waals surface area contributed by atoms with Crippen LogP contribution in [0.1, 0.15) is 5.56 Å². The summed E-state index contributed by atoms with van der Waals surface area (Å²) in [4.78, 5) is 4.10. The van der Waals surface area contributed by atoms with E-state index in [0.717, 1.165) is 4.60 Å². The van der Waals surface area contributed by atoms with Crippen LogP contribution in [0.3, 0.4) is 0 Å². The summed E-state index contributed by atoms with van der Waals surface area (Å²) in [6, 6.07) is 12.5. The summed E-state index contributed by atoms with van der Waals surface area (Å²) >= 11 is 15.9. The van der Waals surface area contributed by atoms with Crippen LogP contribution in [0.25, 0.3) is 0 Å². The lowest BCUT2D eigenvalue weighted by atomic mass is 10.0. The maximum Gasteiger partial charge on any atom is 0.296 e. The predicted octanol–water partition coefficient (Wildman–Crippen LogP) is 6.12. The second-order valence-corrected chi connectivity index (χ2v) is 7.46. The van der Waals surface area contributed by atoms with Crippen molar-refractivity contribution in [1.82, 2.24) is 9.55 Å². The van der Waals surface area contributed by atoms with E-state index < -0.39 is 5.79 Å². The molecule has 0 aliphatic carbocycles. The van der Waals surface area contributed by atoms with Crippen LogP contribution in [0, 0.1) is 0 Å². The van der Waals surface area contributed by atoms with Gasteiger partial charge in [0.05, 0.1) is 23.1 Å². The SMILES string of the molecule is Clc1ccc(Oc2ccc(C3(Cn4cncc4Br)OC=CO3)c(Cl)c2)cc1. The molecule has 0 bridgehead atoms. The van der Waals surface area contributed by atoms with Gasteiger partial charge < -0.3 is 18.8 Å². The van der Waals surface area contributed by atoms with Crippen molar-refractivity contribution in [1.29, 1.82) is 0 Å². The lowest BCUT2D eigenvalue weighted by molar-refractivity contribution is -0.160. The van der Waals surface area contributed by atoms with Crippen molar-refractivity contribution in [3.63, 3.8) is 0 Å². The van der Waals surface area contributed by atoms with Gasteiger partial charge in [-0.3, -0.25) is 0 Å². The Kier molecular flexibility index (Phi) is 5.04. The van der Waals surface area contributed by atoms with Crippen molar-refractivity contribution >= 4 is 39.1 Å². The molecule has 1 aromatic heterocycles. The first kappa shape index (κ1) is 18.2. The quantitative estimate of drug-likeness (QED) is 0.453. The fourth-order valence-corrected chi connectivity index (χ4v) is 3.52. The molecule has 4 rings (SSSR count). The van der Waals surface area contributed by atoms with Crippen LogP contribution in [0.5, 0.6) is 11.5 Å². The number of hydrogen-bond acceptors (Lipinski definition) is 4. The van der Waals surface area contributed by atoms with Crippen molar-refractivity contribution in [3.8, 4) is 11.5 Å². The zero-order valence-electron chi connectivity index (χ0n) is 13.8. The zero-order chi connectivity index (χ0) is 18.9. The molecule has 5 nitrogen and oxygen atoms in total. The number of benzene rings is 2. The van der Waals surface area contributed by atoms with Gasteiger partial charge in [0, 0.05) is 5.02 Å². The summed E-state index contributed by atoms with van der Waals surface area (Å²) in [5.74, 6) is 0.172. The Balaban J connectivity index is 1.62. The third kappa shape index (κ3) is 3.78. The molecule has 2 heterocycles. The van der Waals surface area contributed by atoms with E-state index in [1.807, 2.05) is 16.7 Å². The zero-order valence-corrected chi connectivity index (χ0v) is 16.9. The summed E-state index contributed by atoms with van der Waals surface area (Å²) < 4.78 is 20.1. The molecule has 0 fully saturated rings. The van der Waals surface area contributed by atoms with E-state index in [2.05, 4.69) is 20.9 Å². The average Bonchev–Trinajstić information content (AvgIpc) is 3.28. The fraction of sp³-hybridized carbons (Fsp3) is 0.105. The molecular formula is C19H13BrCl2N2O3. The highest BCUT2D eigenvalue weighted by molar-refractivity contribution is 9.10. The molecule has 1 aliphatic heterocycles. The van der Waals surface area contributed by atoms with Gasteiger partial charge in [-0.15, -0.1) is 0 Å². The third-order valence-corrected chi connectivity index (χ3v) is 5.24. The number of imidazole rings is 1. The van der Waals surface area contributed by atoms with Crippen LogP contribution in [0.2, 0.25) is 10.0 Å². The van der Waals surface area contributed by atoms with Crippen molar-refractivity contribution in [3.05, 3.63) is 87.7 Å². The van der Waals surface area contributed by atoms with Gasteiger partial charge >= 0.3 is 0 Å². The Labute approximate surface area is 174 Å². The molecule has 27 heavy (non-hydrogen) atoms. The van der Waals surface area contributed by atoms with E-state index in [4.69, 9.17) is 37.4 Å². The van der Waals surface area contributed by atoms with Gasteiger partial charge in [-0.2, -0.15) is 0 Å². The first-order chi connectivity index (χ1) is 13.1. The largest absolute Gasteiger partial charge is 0.457 e. The Bertz CT molecular complexity index is 981.